The molecule has 1 aliphatic heterocycles. The van der Waals surface area contributed by atoms with Gasteiger partial charge in [0.15, 0.2) is 0 Å². The van der Waals surface area contributed by atoms with Crippen LogP contribution >= 0.6 is 0 Å². The van der Waals surface area contributed by atoms with Crippen molar-refractivity contribution in [2.45, 2.75) is 31.8 Å². The zero-order chi connectivity index (χ0) is 13.0. The fraction of sp³-hybridized carbons (Fsp3) is 0.500. The van der Waals surface area contributed by atoms with E-state index < -0.39 is 0 Å². The van der Waals surface area contributed by atoms with Gasteiger partial charge in [-0.2, -0.15) is 0 Å². The van der Waals surface area contributed by atoms with Crippen molar-refractivity contribution in [3.05, 3.63) is 35.9 Å². The predicted octanol–water partition coefficient (Wildman–Crippen LogP) is 2.22. The van der Waals surface area contributed by atoms with Gasteiger partial charge < -0.3 is 5.32 Å². The molecule has 1 aromatic carbocycles. The third-order valence-electron chi connectivity index (χ3n) is 3.86. The first-order valence-electron chi connectivity index (χ1n) is 6.66. The molecule has 0 aliphatic carbocycles. The summed E-state index contributed by atoms with van der Waals surface area (Å²) in [5, 5.41) is 3.67. The third kappa shape index (κ3) is 2.75. The van der Waals surface area contributed by atoms with E-state index in [0.717, 1.165) is 26.1 Å². The second-order valence-electron chi connectivity index (χ2n) is 5.29. The standard InChI is InChI=1S/C16H22N2/c1-4-14(2)18-12-8-11-17-16(3,13-18)15-9-6-5-7-10-15/h1,5-7,9-10,14,17H,8,11-13H2,2-3H3. The number of rotatable bonds is 2. The Balaban J connectivity index is 2.23. The van der Waals surface area contributed by atoms with Crippen molar-refractivity contribution in [1.29, 1.82) is 0 Å². The van der Waals surface area contributed by atoms with Crippen LogP contribution in [0, 0.1) is 12.3 Å². The van der Waals surface area contributed by atoms with Gasteiger partial charge >= 0.3 is 0 Å². The molecule has 1 aliphatic rings. The maximum absolute atomic E-state index is 5.57. The fourth-order valence-electron chi connectivity index (χ4n) is 2.62. The molecule has 1 fully saturated rings. The minimum Gasteiger partial charge on any atom is -0.306 e. The third-order valence-corrected chi connectivity index (χ3v) is 3.86. The lowest BCUT2D eigenvalue weighted by Crippen LogP contribution is -2.48. The van der Waals surface area contributed by atoms with Gasteiger partial charge in [0, 0.05) is 13.1 Å². The molecule has 0 radical (unpaired) electrons. The van der Waals surface area contributed by atoms with Crippen molar-refractivity contribution >= 4 is 0 Å². The van der Waals surface area contributed by atoms with Crippen molar-refractivity contribution in [1.82, 2.24) is 10.2 Å². The van der Waals surface area contributed by atoms with Crippen LogP contribution in [0.5, 0.6) is 0 Å². The largest absolute Gasteiger partial charge is 0.306 e. The first-order valence-corrected chi connectivity index (χ1v) is 6.66. The molecule has 0 amide bonds. The van der Waals surface area contributed by atoms with Crippen molar-refractivity contribution in [3.63, 3.8) is 0 Å². The van der Waals surface area contributed by atoms with E-state index in [1.807, 2.05) is 0 Å². The van der Waals surface area contributed by atoms with Gasteiger partial charge in [0.05, 0.1) is 11.6 Å². The molecule has 1 saturated heterocycles. The summed E-state index contributed by atoms with van der Waals surface area (Å²) in [6.07, 6.45) is 6.72. The molecular weight excluding hydrogens is 220 g/mol. The van der Waals surface area contributed by atoms with E-state index in [0.29, 0.717) is 0 Å². The maximum atomic E-state index is 5.57. The Hall–Kier alpha value is -1.30. The topological polar surface area (TPSA) is 15.3 Å². The molecule has 0 spiro atoms. The molecule has 1 aromatic rings. The molecule has 0 bridgehead atoms. The molecule has 96 valence electrons. The monoisotopic (exact) mass is 242 g/mol. The number of nitrogens with one attached hydrogen (secondary N) is 1. The molecule has 1 N–H and O–H groups in total. The highest BCUT2D eigenvalue weighted by atomic mass is 15.2. The molecule has 2 atom stereocenters. The van der Waals surface area contributed by atoms with Gasteiger partial charge in [-0.1, -0.05) is 36.3 Å². The predicted molar refractivity (Wildman–Crippen MR) is 76.3 cm³/mol. The Morgan fingerprint density at radius 3 is 2.78 bits per heavy atom. The Morgan fingerprint density at radius 1 is 1.39 bits per heavy atom. The average Bonchev–Trinajstić information content (AvgIpc) is 2.62. The van der Waals surface area contributed by atoms with Gasteiger partial charge in [-0.05, 0) is 32.4 Å². The Morgan fingerprint density at radius 2 is 2.11 bits per heavy atom. The van der Waals surface area contributed by atoms with Crippen molar-refractivity contribution in [2.24, 2.45) is 0 Å². The highest BCUT2D eigenvalue weighted by Crippen LogP contribution is 2.24. The van der Waals surface area contributed by atoms with E-state index in [1.54, 1.807) is 0 Å². The number of hydrogen-bond donors (Lipinski definition) is 1. The fourth-order valence-corrected chi connectivity index (χ4v) is 2.62. The molecular formula is C16H22N2. The quantitative estimate of drug-likeness (QED) is 0.800. The lowest BCUT2D eigenvalue weighted by atomic mass is 9.91. The van der Waals surface area contributed by atoms with E-state index in [2.05, 4.69) is 60.3 Å². The Kier molecular flexibility index (Phi) is 4.06. The van der Waals surface area contributed by atoms with Gasteiger partial charge in [-0.3, -0.25) is 4.90 Å². The van der Waals surface area contributed by atoms with Crippen LogP contribution in [-0.4, -0.2) is 30.6 Å². The van der Waals surface area contributed by atoms with Crippen LogP contribution in [0.15, 0.2) is 30.3 Å². The number of benzene rings is 1. The van der Waals surface area contributed by atoms with Crippen LogP contribution in [0.25, 0.3) is 0 Å². The minimum absolute atomic E-state index is 0.0110. The first-order chi connectivity index (χ1) is 8.65. The van der Waals surface area contributed by atoms with Crippen LogP contribution in [0.2, 0.25) is 0 Å². The summed E-state index contributed by atoms with van der Waals surface area (Å²) in [5.74, 6) is 2.85. The van der Waals surface area contributed by atoms with Gasteiger partial charge in [0.25, 0.3) is 0 Å². The second-order valence-corrected chi connectivity index (χ2v) is 5.29. The maximum Gasteiger partial charge on any atom is 0.0684 e. The van der Waals surface area contributed by atoms with E-state index in [-0.39, 0.29) is 11.6 Å². The summed E-state index contributed by atoms with van der Waals surface area (Å²) in [4.78, 5) is 2.40. The first kappa shape index (κ1) is 13.1. The highest BCUT2D eigenvalue weighted by Gasteiger charge is 2.31. The zero-order valence-corrected chi connectivity index (χ0v) is 11.3. The second kappa shape index (κ2) is 5.56. The highest BCUT2D eigenvalue weighted by molar-refractivity contribution is 5.24. The summed E-state index contributed by atoms with van der Waals surface area (Å²) >= 11 is 0. The normalized spacial score (nSPS) is 27.2. The van der Waals surface area contributed by atoms with Gasteiger partial charge in [0.2, 0.25) is 0 Å². The van der Waals surface area contributed by atoms with Crippen LogP contribution in [-0.2, 0) is 5.54 Å². The summed E-state index contributed by atoms with van der Waals surface area (Å²) in [5.41, 5.74) is 1.32. The summed E-state index contributed by atoms with van der Waals surface area (Å²) < 4.78 is 0. The van der Waals surface area contributed by atoms with E-state index in [1.165, 1.54) is 5.56 Å². The van der Waals surface area contributed by atoms with Crippen LogP contribution < -0.4 is 5.32 Å². The minimum atomic E-state index is -0.0110. The lowest BCUT2D eigenvalue weighted by Gasteiger charge is -2.35. The zero-order valence-electron chi connectivity index (χ0n) is 11.3. The van der Waals surface area contributed by atoms with Crippen molar-refractivity contribution < 1.29 is 0 Å². The number of terminal acetylenes is 1. The van der Waals surface area contributed by atoms with E-state index >= 15 is 0 Å². The van der Waals surface area contributed by atoms with Crippen LogP contribution in [0.3, 0.4) is 0 Å². The Labute approximate surface area is 110 Å². The summed E-state index contributed by atoms with van der Waals surface area (Å²) in [7, 11) is 0. The lowest BCUT2D eigenvalue weighted by molar-refractivity contribution is 0.200. The Bertz CT molecular complexity index is 420. The molecule has 2 unspecified atom stereocenters. The molecule has 2 rings (SSSR count). The van der Waals surface area contributed by atoms with Crippen LogP contribution in [0.1, 0.15) is 25.8 Å². The number of hydrogen-bond acceptors (Lipinski definition) is 2. The number of nitrogens with zero attached hydrogens (tertiary/aromatic N) is 1. The molecule has 0 saturated carbocycles. The molecule has 0 aromatic heterocycles. The summed E-state index contributed by atoms with van der Waals surface area (Å²) in [6.45, 7) is 7.45. The summed E-state index contributed by atoms with van der Waals surface area (Å²) in [6, 6.07) is 10.8. The molecule has 1 heterocycles. The van der Waals surface area contributed by atoms with Crippen molar-refractivity contribution in [3.8, 4) is 12.3 Å². The van der Waals surface area contributed by atoms with E-state index in [4.69, 9.17) is 6.42 Å². The van der Waals surface area contributed by atoms with E-state index in [9.17, 15) is 0 Å². The SMILES string of the molecule is C#CC(C)N1CCCNC(C)(c2ccccc2)C1. The molecule has 18 heavy (non-hydrogen) atoms. The molecule has 2 heteroatoms. The van der Waals surface area contributed by atoms with Gasteiger partial charge in [0.1, 0.15) is 0 Å². The van der Waals surface area contributed by atoms with Crippen molar-refractivity contribution in [2.75, 3.05) is 19.6 Å². The van der Waals surface area contributed by atoms with Crippen LogP contribution in [0.4, 0.5) is 0 Å². The van der Waals surface area contributed by atoms with Gasteiger partial charge in [-0.15, -0.1) is 6.42 Å². The van der Waals surface area contributed by atoms with Gasteiger partial charge in [-0.25, -0.2) is 0 Å². The smallest absolute Gasteiger partial charge is 0.0684 e. The average molecular weight is 242 g/mol. The molecule has 2 nitrogen and oxygen atoms in total.